The minimum Gasteiger partial charge on any atom is -0.460 e. The van der Waals surface area contributed by atoms with Gasteiger partial charge in [-0.25, -0.2) is 0 Å². The molecule has 0 saturated heterocycles. The molecule has 13 rings (SSSR count). The van der Waals surface area contributed by atoms with Gasteiger partial charge < -0.3 is 4.42 Å². The second-order valence-corrected chi connectivity index (χ2v) is 19.0. The summed E-state index contributed by atoms with van der Waals surface area (Å²) in [6, 6.07) is 56.0. The highest BCUT2D eigenvalue weighted by Crippen LogP contribution is 2.66. The molecule has 0 radical (unpaired) electrons. The molecule has 4 aliphatic carbocycles. The quantitative estimate of drug-likeness (QED) is 0.162. The van der Waals surface area contributed by atoms with Crippen LogP contribution in [0.3, 0.4) is 0 Å². The lowest BCUT2D eigenvalue weighted by atomic mass is 9.49. The van der Waals surface area contributed by atoms with Gasteiger partial charge in [0.2, 0.25) is 0 Å². The first-order chi connectivity index (χ1) is 30.1. The van der Waals surface area contributed by atoms with Gasteiger partial charge in [-0.3, -0.25) is 0 Å². The summed E-state index contributed by atoms with van der Waals surface area (Å²) in [6.45, 7) is 5.04. The van der Waals surface area contributed by atoms with E-state index >= 15 is 0 Å². The molecular weight excluding hydrogens is 737 g/mol. The lowest BCUT2D eigenvalue weighted by molar-refractivity contribution is 0.0375. The van der Waals surface area contributed by atoms with Gasteiger partial charge in [0.05, 0.1) is 0 Å². The van der Waals surface area contributed by atoms with E-state index in [1.165, 1.54) is 120 Å². The summed E-state index contributed by atoms with van der Waals surface area (Å²) in [5, 5.41) is 9.25. The predicted molar refractivity (Wildman–Crippen MR) is 257 cm³/mol. The van der Waals surface area contributed by atoms with Crippen LogP contribution in [0.4, 0.5) is 0 Å². The molecule has 8 aromatic carbocycles. The highest BCUT2D eigenvalue weighted by molar-refractivity contribution is 6.21. The maximum absolute atomic E-state index is 6.36. The van der Waals surface area contributed by atoms with Crippen molar-refractivity contribution in [3.63, 3.8) is 0 Å². The van der Waals surface area contributed by atoms with Gasteiger partial charge in [0.15, 0.2) is 0 Å². The molecule has 1 heteroatoms. The molecule has 5 unspecified atom stereocenters. The first-order valence-corrected chi connectivity index (χ1v) is 23.0. The number of aryl methyl sites for hydroxylation is 1. The zero-order valence-electron chi connectivity index (χ0n) is 35.2. The summed E-state index contributed by atoms with van der Waals surface area (Å²) < 4.78 is 6.36. The molecule has 1 heterocycles. The maximum atomic E-state index is 6.36. The second-order valence-electron chi connectivity index (χ2n) is 19.0. The third-order valence-electron chi connectivity index (χ3n) is 16.0. The van der Waals surface area contributed by atoms with Gasteiger partial charge in [-0.15, -0.1) is 0 Å². The fraction of sp³-hybridized carbons (Fsp3) is 0.233. The van der Waals surface area contributed by atoms with Crippen LogP contribution in [0, 0.1) is 23.7 Å². The second kappa shape index (κ2) is 13.4. The number of furan rings is 1. The van der Waals surface area contributed by atoms with Gasteiger partial charge in [0.1, 0.15) is 11.3 Å². The van der Waals surface area contributed by atoms with E-state index in [1.54, 1.807) is 11.1 Å². The van der Waals surface area contributed by atoms with Gasteiger partial charge >= 0.3 is 0 Å². The third kappa shape index (κ3) is 5.07. The zero-order valence-corrected chi connectivity index (χ0v) is 35.2. The van der Waals surface area contributed by atoms with E-state index in [0.717, 1.165) is 36.0 Å². The number of allylic oxidation sites excluding steroid dienone is 1. The number of benzene rings is 8. The Hall–Kier alpha value is -6.18. The Bertz CT molecular complexity index is 3230. The molecule has 1 nitrogen and oxygen atoms in total. The van der Waals surface area contributed by atoms with Crippen molar-refractivity contribution in [3.05, 3.63) is 174 Å². The molecule has 4 aliphatic rings. The first kappa shape index (κ1) is 35.6. The smallest absolute Gasteiger partial charge is 0.135 e. The Labute approximate surface area is 358 Å². The van der Waals surface area contributed by atoms with Gasteiger partial charge in [-0.2, -0.15) is 0 Å². The Morgan fingerprint density at radius 2 is 1.25 bits per heavy atom. The van der Waals surface area contributed by atoms with E-state index in [4.69, 9.17) is 4.42 Å². The third-order valence-corrected chi connectivity index (χ3v) is 16.0. The summed E-state index contributed by atoms with van der Waals surface area (Å²) in [7, 11) is 0. The molecule has 296 valence electrons. The Morgan fingerprint density at radius 3 is 2.00 bits per heavy atom. The van der Waals surface area contributed by atoms with E-state index in [2.05, 4.69) is 172 Å². The van der Waals surface area contributed by atoms with E-state index in [1.807, 2.05) is 0 Å². The number of hydrogen-bond donors (Lipinski definition) is 0. The molecule has 0 aliphatic heterocycles. The van der Waals surface area contributed by atoms with Crippen LogP contribution in [0.2, 0.25) is 0 Å². The molecular formula is C60H50O. The number of fused-ring (bicyclic) bond motifs is 15. The van der Waals surface area contributed by atoms with Crippen molar-refractivity contribution in [1.29, 1.82) is 0 Å². The summed E-state index contributed by atoms with van der Waals surface area (Å²) >= 11 is 0. The van der Waals surface area contributed by atoms with Gasteiger partial charge in [0.25, 0.3) is 0 Å². The first-order valence-electron chi connectivity index (χ1n) is 23.0. The Kier molecular flexibility index (Phi) is 7.82. The van der Waals surface area contributed by atoms with Crippen molar-refractivity contribution in [2.24, 2.45) is 23.7 Å². The van der Waals surface area contributed by atoms with Crippen LogP contribution in [-0.2, 0) is 11.8 Å². The standard InChI is InChI=1S/C60H50O/c1-3-37-31-38-30-36(2)60(44(32-37)33-38)54-29-26-43(34-53(54)52-28-24-40-12-4-5-13-45(40)59(52)60)58-50-17-8-6-15-48(50)57(49-16-7-9-18-51(49)58)41-22-20-39(21-23-41)42-25-27-47-46-14-10-11-19-55(46)61-56(47)35-42/h4-10,12-18,20-29,34-38,44H,3,11,19,30-33H2,1-2H3. The summed E-state index contributed by atoms with van der Waals surface area (Å²) in [5.74, 6) is 4.05. The van der Waals surface area contributed by atoms with Crippen molar-refractivity contribution in [2.45, 2.75) is 64.2 Å². The number of rotatable bonds is 4. The van der Waals surface area contributed by atoms with Crippen LogP contribution in [0.15, 0.2) is 156 Å². The molecule has 0 amide bonds. The molecule has 1 spiro atoms. The predicted octanol–water partition coefficient (Wildman–Crippen LogP) is 16.6. The largest absolute Gasteiger partial charge is 0.460 e. The van der Waals surface area contributed by atoms with Crippen molar-refractivity contribution in [2.75, 3.05) is 0 Å². The minimum absolute atomic E-state index is 0.0367. The van der Waals surface area contributed by atoms with Crippen molar-refractivity contribution in [3.8, 4) is 44.5 Å². The monoisotopic (exact) mass is 786 g/mol. The van der Waals surface area contributed by atoms with Crippen LogP contribution < -0.4 is 0 Å². The molecule has 1 aromatic heterocycles. The molecule has 2 bridgehead atoms. The highest BCUT2D eigenvalue weighted by atomic mass is 16.3. The zero-order chi connectivity index (χ0) is 40.4. The maximum Gasteiger partial charge on any atom is 0.135 e. The van der Waals surface area contributed by atoms with Crippen LogP contribution >= 0.6 is 0 Å². The number of hydrogen-bond acceptors (Lipinski definition) is 1. The van der Waals surface area contributed by atoms with E-state index in [-0.39, 0.29) is 5.41 Å². The van der Waals surface area contributed by atoms with Crippen molar-refractivity contribution >= 4 is 49.4 Å². The summed E-state index contributed by atoms with van der Waals surface area (Å²) in [6.07, 6.45) is 13.3. The lowest BCUT2D eigenvalue weighted by Gasteiger charge is -2.55. The van der Waals surface area contributed by atoms with E-state index in [0.29, 0.717) is 11.8 Å². The summed E-state index contributed by atoms with van der Waals surface area (Å²) in [5.41, 5.74) is 16.0. The Balaban J connectivity index is 0.975. The SMILES string of the molecule is CCC1CC2CC(C)C3(c4ccc(-c5c6ccccc6c(-c6ccc(-c7ccc8c9c(oc8c7)CCC=C9)cc6)c6ccccc56)cc4-c4ccc5ccccc5c43)C(C1)C2. The van der Waals surface area contributed by atoms with E-state index in [9.17, 15) is 0 Å². The van der Waals surface area contributed by atoms with Crippen LogP contribution in [-0.4, -0.2) is 0 Å². The fourth-order valence-corrected chi connectivity index (χ4v) is 13.6. The Morgan fingerprint density at radius 1 is 0.574 bits per heavy atom. The average Bonchev–Trinajstić information content (AvgIpc) is 3.83. The van der Waals surface area contributed by atoms with Gasteiger partial charge in [-0.05, 0) is 162 Å². The molecule has 2 fully saturated rings. The topological polar surface area (TPSA) is 13.1 Å². The molecule has 61 heavy (non-hydrogen) atoms. The highest BCUT2D eigenvalue weighted by Gasteiger charge is 2.57. The normalized spacial score (nSPS) is 22.6. The molecule has 5 atom stereocenters. The summed E-state index contributed by atoms with van der Waals surface area (Å²) in [4.78, 5) is 0. The van der Waals surface area contributed by atoms with Crippen molar-refractivity contribution in [1.82, 2.24) is 0 Å². The van der Waals surface area contributed by atoms with Gasteiger partial charge in [0, 0.05) is 22.8 Å². The van der Waals surface area contributed by atoms with Crippen LogP contribution in [0.5, 0.6) is 0 Å². The minimum atomic E-state index is 0.0367. The average molecular weight is 787 g/mol. The van der Waals surface area contributed by atoms with Gasteiger partial charge in [-0.1, -0.05) is 160 Å². The molecule has 0 N–H and O–H groups in total. The molecule has 9 aromatic rings. The molecule has 2 saturated carbocycles. The fourth-order valence-electron chi connectivity index (χ4n) is 13.6. The van der Waals surface area contributed by atoms with Crippen LogP contribution in [0.25, 0.3) is 93.9 Å². The van der Waals surface area contributed by atoms with Crippen molar-refractivity contribution < 1.29 is 4.42 Å². The lowest BCUT2D eigenvalue weighted by Crippen LogP contribution is -2.49. The van der Waals surface area contributed by atoms with Crippen LogP contribution in [0.1, 0.15) is 74.8 Å². The van der Waals surface area contributed by atoms with E-state index < -0.39 is 0 Å².